The summed E-state index contributed by atoms with van der Waals surface area (Å²) in [5.74, 6) is 0. The second-order valence-electron chi connectivity index (χ2n) is 2.19. The summed E-state index contributed by atoms with van der Waals surface area (Å²) in [4.78, 5) is 4.04. The number of fused-ring (bicyclic) bond motifs is 1. The lowest BCUT2D eigenvalue weighted by molar-refractivity contribution is 0.936. The van der Waals surface area contributed by atoms with E-state index in [1.807, 2.05) is 29.8 Å². The summed E-state index contributed by atoms with van der Waals surface area (Å²) in [6.45, 7) is 0. The third kappa shape index (κ3) is 0.620. The van der Waals surface area contributed by atoms with Crippen LogP contribution in [0.3, 0.4) is 0 Å². The van der Waals surface area contributed by atoms with E-state index in [1.54, 1.807) is 0 Å². The van der Waals surface area contributed by atoms with E-state index in [1.165, 1.54) is 0 Å². The fourth-order valence-corrected chi connectivity index (χ4v) is 0.959. The average Bonchev–Trinajstić information content (AvgIpc) is 2.34. The van der Waals surface area contributed by atoms with Gasteiger partial charge in [-0.3, -0.25) is 0 Å². The molecule has 1 heterocycles. The molecule has 0 amide bonds. The quantitative estimate of drug-likeness (QED) is 0.523. The zero-order chi connectivity index (χ0) is 6.97. The maximum absolute atomic E-state index is 4.04. The first-order valence-corrected chi connectivity index (χ1v) is 3.08. The number of rotatable bonds is 0. The Morgan fingerprint density at radius 3 is 3.30 bits per heavy atom. The number of imidazole rings is 1. The fourth-order valence-electron chi connectivity index (χ4n) is 0.959. The summed E-state index contributed by atoms with van der Waals surface area (Å²) in [7, 11) is 1.92. The van der Waals surface area contributed by atoms with E-state index in [2.05, 4.69) is 17.4 Å². The highest BCUT2D eigenvalue weighted by molar-refractivity contribution is 5.74. The van der Waals surface area contributed by atoms with Gasteiger partial charge in [0.15, 0.2) is 6.33 Å². The van der Waals surface area contributed by atoms with Gasteiger partial charge >= 0.3 is 0 Å². The smallest absolute Gasteiger partial charge is 0.177 e. The highest BCUT2D eigenvalue weighted by Crippen LogP contribution is 2.07. The van der Waals surface area contributed by atoms with Crippen LogP contribution in [0.25, 0.3) is 11.0 Å². The maximum atomic E-state index is 4.04. The molecule has 0 aliphatic carbocycles. The van der Waals surface area contributed by atoms with Gasteiger partial charge in [-0.2, -0.15) is 0 Å². The molecule has 0 spiro atoms. The van der Waals surface area contributed by atoms with E-state index in [-0.39, 0.29) is 0 Å². The van der Waals surface area contributed by atoms with Gasteiger partial charge in [-0.05, 0) is 18.2 Å². The van der Waals surface area contributed by atoms with Crippen LogP contribution in [0.15, 0.2) is 18.2 Å². The van der Waals surface area contributed by atoms with Gasteiger partial charge in [-0.1, -0.05) is 6.07 Å². The van der Waals surface area contributed by atoms with Crippen LogP contribution in [0.4, 0.5) is 0 Å². The Labute approximate surface area is 59.1 Å². The normalized spacial score (nSPS) is 10.5. The Morgan fingerprint density at radius 2 is 2.50 bits per heavy atom. The number of aryl methyl sites for hydroxylation is 1. The van der Waals surface area contributed by atoms with Gasteiger partial charge in [-0.15, -0.1) is 0 Å². The molecule has 48 valence electrons. The molecule has 0 aliphatic heterocycles. The molecule has 0 fully saturated rings. The van der Waals surface area contributed by atoms with E-state index in [0.29, 0.717) is 0 Å². The van der Waals surface area contributed by atoms with Crippen molar-refractivity contribution >= 4 is 11.0 Å². The second-order valence-corrected chi connectivity index (χ2v) is 2.19. The number of hydrogen-bond acceptors (Lipinski definition) is 1. The first kappa shape index (κ1) is 5.47. The van der Waals surface area contributed by atoms with Gasteiger partial charge in [0.2, 0.25) is 0 Å². The Hall–Kier alpha value is -1.31. The van der Waals surface area contributed by atoms with Crippen molar-refractivity contribution in [3.63, 3.8) is 0 Å². The molecule has 0 saturated carbocycles. The predicted octanol–water partition coefficient (Wildman–Crippen LogP) is 1.17. The minimum Gasteiger partial charge on any atom is -0.324 e. The zero-order valence-electron chi connectivity index (χ0n) is 5.63. The summed E-state index contributed by atoms with van der Waals surface area (Å²) in [5, 5.41) is 0. The maximum Gasteiger partial charge on any atom is 0.177 e. The van der Waals surface area contributed by atoms with Crippen LogP contribution < -0.4 is 0 Å². The molecule has 10 heavy (non-hydrogen) atoms. The van der Waals surface area contributed by atoms with Crippen LogP contribution in [-0.4, -0.2) is 9.55 Å². The molecule has 0 saturated heterocycles. The van der Waals surface area contributed by atoms with Gasteiger partial charge in [0.1, 0.15) is 0 Å². The molecular weight excluding hydrogens is 124 g/mol. The number of hydrogen-bond donors (Lipinski definition) is 0. The van der Waals surface area contributed by atoms with E-state index in [9.17, 15) is 0 Å². The molecule has 2 nitrogen and oxygen atoms in total. The molecular formula is C8H6N2. The summed E-state index contributed by atoms with van der Waals surface area (Å²) >= 11 is 0. The van der Waals surface area contributed by atoms with Crippen molar-refractivity contribution in [1.29, 1.82) is 0 Å². The topological polar surface area (TPSA) is 17.8 Å². The average molecular weight is 130 g/mol. The standard InChI is InChI=1S/C8H6N2/c1-10-6-9-7-4-2-3-5-8(7)10/h2,4-5H,1H3. The third-order valence-corrected chi connectivity index (χ3v) is 1.50. The number of nitrogens with zero attached hydrogens (tertiary/aromatic N) is 2. The minimum absolute atomic E-state index is 0.973. The van der Waals surface area contributed by atoms with Crippen molar-refractivity contribution in [2.24, 2.45) is 7.05 Å². The van der Waals surface area contributed by atoms with Gasteiger partial charge in [0, 0.05) is 7.05 Å². The van der Waals surface area contributed by atoms with Gasteiger partial charge < -0.3 is 4.57 Å². The molecule has 2 heteroatoms. The van der Waals surface area contributed by atoms with Gasteiger partial charge in [-0.25, -0.2) is 4.98 Å². The van der Waals surface area contributed by atoms with E-state index < -0.39 is 0 Å². The highest BCUT2D eigenvalue weighted by Gasteiger charge is 1.95. The lowest BCUT2D eigenvalue weighted by Gasteiger charge is -1.89. The van der Waals surface area contributed by atoms with Gasteiger partial charge in [0.05, 0.1) is 11.0 Å². The van der Waals surface area contributed by atoms with E-state index in [0.717, 1.165) is 11.0 Å². The van der Waals surface area contributed by atoms with Crippen molar-refractivity contribution in [3.05, 3.63) is 30.6 Å². The molecule has 2 aromatic rings. The van der Waals surface area contributed by atoms with Gasteiger partial charge in [0.25, 0.3) is 0 Å². The molecule has 0 N–H and O–H groups in total. The predicted molar refractivity (Wildman–Crippen MR) is 38.4 cm³/mol. The SMILES string of the molecule is Cn1[c]nc2cc[c]cc21. The lowest BCUT2D eigenvalue weighted by atomic mass is 10.3. The molecule has 0 aliphatic rings. The molecule has 1 aromatic heterocycles. The Morgan fingerprint density at radius 1 is 1.60 bits per heavy atom. The van der Waals surface area contributed by atoms with E-state index in [4.69, 9.17) is 0 Å². The minimum atomic E-state index is 0.973. The van der Waals surface area contributed by atoms with Crippen LogP contribution in [-0.2, 0) is 7.05 Å². The molecule has 2 radical (unpaired) electrons. The summed E-state index contributed by atoms with van der Waals surface area (Å²) < 4.78 is 1.85. The van der Waals surface area contributed by atoms with E-state index >= 15 is 0 Å². The summed E-state index contributed by atoms with van der Waals surface area (Å²) in [5.41, 5.74) is 2.05. The van der Waals surface area contributed by atoms with Crippen molar-refractivity contribution in [2.75, 3.05) is 0 Å². The molecule has 1 aromatic carbocycles. The zero-order valence-corrected chi connectivity index (χ0v) is 5.63. The van der Waals surface area contributed by atoms with Crippen LogP contribution in [0.1, 0.15) is 0 Å². The van der Waals surface area contributed by atoms with Crippen LogP contribution >= 0.6 is 0 Å². The Bertz CT molecular complexity index is 349. The van der Waals surface area contributed by atoms with Crippen molar-refractivity contribution in [1.82, 2.24) is 9.55 Å². The third-order valence-electron chi connectivity index (χ3n) is 1.50. The molecule has 2 rings (SSSR count). The first-order chi connectivity index (χ1) is 4.88. The molecule has 0 bridgehead atoms. The second kappa shape index (κ2) is 1.84. The summed E-state index contributed by atoms with van der Waals surface area (Å²) in [6, 6.07) is 8.66. The molecule has 0 atom stereocenters. The van der Waals surface area contributed by atoms with Crippen molar-refractivity contribution < 1.29 is 0 Å². The van der Waals surface area contributed by atoms with Crippen LogP contribution in [0, 0.1) is 12.4 Å². The summed E-state index contributed by atoms with van der Waals surface area (Å²) in [6.07, 6.45) is 2.82. The Kier molecular flexibility index (Phi) is 1.01. The number of aromatic nitrogens is 2. The van der Waals surface area contributed by atoms with Crippen molar-refractivity contribution in [3.8, 4) is 0 Å². The number of benzene rings is 1. The fraction of sp³-hybridized carbons (Fsp3) is 0.125. The first-order valence-electron chi connectivity index (χ1n) is 3.08. The highest BCUT2D eigenvalue weighted by atomic mass is 15.0. The molecule has 0 unspecified atom stereocenters. The lowest BCUT2D eigenvalue weighted by Crippen LogP contribution is -1.82. The Balaban J connectivity index is 2.93. The van der Waals surface area contributed by atoms with Crippen LogP contribution in [0.2, 0.25) is 0 Å². The van der Waals surface area contributed by atoms with Crippen molar-refractivity contribution in [2.45, 2.75) is 0 Å². The van der Waals surface area contributed by atoms with Crippen LogP contribution in [0.5, 0.6) is 0 Å². The monoisotopic (exact) mass is 130 g/mol. The largest absolute Gasteiger partial charge is 0.324 e.